The molecule has 1 unspecified atom stereocenters. The normalized spacial score (nSPS) is 14.9. The molecule has 11 heteroatoms. The minimum absolute atomic E-state index is 0. The first kappa shape index (κ1) is 38.6. The monoisotopic (exact) mass is 600 g/mol. The molecule has 0 saturated carbocycles. The van der Waals surface area contributed by atoms with Gasteiger partial charge >= 0.3 is 0 Å². The lowest BCUT2D eigenvalue weighted by Gasteiger charge is -2.30. The van der Waals surface area contributed by atoms with Gasteiger partial charge in [-0.05, 0) is 55.6 Å². The van der Waals surface area contributed by atoms with Crippen LogP contribution in [0, 0.1) is 29.6 Å². The van der Waals surface area contributed by atoms with E-state index in [0.29, 0.717) is 37.5 Å². The first-order valence-corrected chi connectivity index (χ1v) is 14.4. The number of hydrogen-bond donors (Lipinski definition) is 5. The molecule has 1 rings (SSSR count). The SMILES string of the molecule is COCCCCOc1ccccc1C(=O)NC[C@H](C[C@H](N)[C@@H](O)C[C@@H](C(=O)NCC(C)C(N)=O)C(C)C)C(C)C.Cl. The molecule has 7 N–H and O–H groups in total. The van der Waals surface area contributed by atoms with Crippen molar-refractivity contribution in [1.82, 2.24) is 10.6 Å². The topological polar surface area (TPSA) is 166 Å². The summed E-state index contributed by atoms with van der Waals surface area (Å²) < 4.78 is 10.9. The first-order valence-electron chi connectivity index (χ1n) is 14.4. The summed E-state index contributed by atoms with van der Waals surface area (Å²) in [5.41, 5.74) is 12.2. The predicted octanol–water partition coefficient (Wildman–Crippen LogP) is 2.89. The lowest BCUT2D eigenvalue weighted by atomic mass is 9.83. The van der Waals surface area contributed by atoms with Gasteiger partial charge < -0.3 is 36.7 Å². The van der Waals surface area contributed by atoms with Gasteiger partial charge in [0.1, 0.15) is 5.75 Å². The number of para-hydroxylation sites is 1. The van der Waals surface area contributed by atoms with Crippen LogP contribution in [0.4, 0.5) is 0 Å². The van der Waals surface area contributed by atoms with Crippen LogP contribution in [0.5, 0.6) is 5.75 Å². The number of hydrogen-bond acceptors (Lipinski definition) is 7. The summed E-state index contributed by atoms with van der Waals surface area (Å²) in [6.45, 7) is 11.3. The van der Waals surface area contributed by atoms with Crippen LogP contribution in [0.2, 0.25) is 0 Å². The van der Waals surface area contributed by atoms with E-state index in [1.807, 2.05) is 19.9 Å². The Balaban J connectivity index is 0.0000160. The van der Waals surface area contributed by atoms with E-state index in [0.717, 1.165) is 12.8 Å². The summed E-state index contributed by atoms with van der Waals surface area (Å²) >= 11 is 0. The van der Waals surface area contributed by atoms with Gasteiger partial charge in [-0.1, -0.05) is 46.8 Å². The highest BCUT2D eigenvalue weighted by molar-refractivity contribution is 5.96. The van der Waals surface area contributed by atoms with E-state index in [2.05, 4.69) is 24.5 Å². The molecular weight excluding hydrogens is 548 g/mol. The van der Waals surface area contributed by atoms with Gasteiger partial charge in [-0.3, -0.25) is 14.4 Å². The van der Waals surface area contributed by atoms with Gasteiger partial charge in [-0.15, -0.1) is 12.4 Å². The van der Waals surface area contributed by atoms with Crippen molar-refractivity contribution in [2.75, 3.05) is 33.4 Å². The molecule has 5 atom stereocenters. The number of aliphatic hydroxyl groups is 1. The summed E-state index contributed by atoms with van der Waals surface area (Å²) in [4.78, 5) is 37.1. The van der Waals surface area contributed by atoms with Crippen LogP contribution in [0.1, 0.15) is 70.7 Å². The van der Waals surface area contributed by atoms with Crippen molar-refractivity contribution in [3.8, 4) is 5.75 Å². The molecule has 0 saturated heterocycles. The fourth-order valence-corrected chi connectivity index (χ4v) is 4.33. The average Bonchev–Trinajstić information content (AvgIpc) is 2.91. The Bertz CT molecular complexity index is 917. The minimum atomic E-state index is -0.907. The number of primary amides is 1. The molecule has 10 nitrogen and oxygen atoms in total. The van der Waals surface area contributed by atoms with Crippen molar-refractivity contribution in [2.24, 2.45) is 41.1 Å². The molecule has 41 heavy (non-hydrogen) atoms. The smallest absolute Gasteiger partial charge is 0.255 e. The molecular formula is C30H53ClN4O6. The Morgan fingerprint density at radius 2 is 1.56 bits per heavy atom. The lowest BCUT2D eigenvalue weighted by Crippen LogP contribution is -2.45. The zero-order chi connectivity index (χ0) is 30.2. The predicted molar refractivity (Wildman–Crippen MR) is 164 cm³/mol. The Labute approximate surface area is 252 Å². The van der Waals surface area contributed by atoms with Crippen molar-refractivity contribution >= 4 is 30.1 Å². The molecule has 1 aromatic carbocycles. The molecule has 0 bridgehead atoms. The minimum Gasteiger partial charge on any atom is -0.493 e. The number of unbranched alkanes of at least 4 members (excludes halogenated alkanes) is 1. The van der Waals surface area contributed by atoms with Crippen molar-refractivity contribution in [3.05, 3.63) is 29.8 Å². The third kappa shape index (κ3) is 14.4. The second-order valence-electron chi connectivity index (χ2n) is 11.4. The van der Waals surface area contributed by atoms with Crippen molar-refractivity contribution in [1.29, 1.82) is 0 Å². The van der Waals surface area contributed by atoms with Gasteiger partial charge in [-0.2, -0.15) is 0 Å². The van der Waals surface area contributed by atoms with E-state index >= 15 is 0 Å². The van der Waals surface area contributed by atoms with Crippen molar-refractivity contribution < 1.29 is 29.0 Å². The molecule has 0 aliphatic carbocycles. The zero-order valence-corrected chi connectivity index (χ0v) is 26.4. The van der Waals surface area contributed by atoms with Crippen LogP contribution in [-0.2, 0) is 14.3 Å². The molecule has 0 aliphatic rings. The van der Waals surface area contributed by atoms with E-state index in [1.54, 1.807) is 32.2 Å². The number of nitrogens with one attached hydrogen (secondary N) is 2. The molecule has 3 amide bonds. The van der Waals surface area contributed by atoms with E-state index in [-0.39, 0.29) is 54.9 Å². The van der Waals surface area contributed by atoms with E-state index < -0.39 is 29.9 Å². The third-order valence-corrected chi connectivity index (χ3v) is 7.37. The van der Waals surface area contributed by atoms with Crippen LogP contribution in [0.3, 0.4) is 0 Å². The Morgan fingerprint density at radius 3 is 2.15 bits per heavy atom. The Kier molecular flexibility index (Phi) is 19.3. The van der Waals surface area contributed by atoms with Crippen LogP contribution in [0.15, 0.2) is 24.3 Å². The summed E-state index contributed by atoms with van der Waals surface area (Å²) in [6, 6.07) is 6.58. The molecule has 0 fully saturated rings. The van der Waals surface area contributed by atoms with Crippen molar-refractivity contribution in [2.45, 2.75) is 72.4 Å². The standard InChI is InChI=1S/C30H52N4O6.ClH/c1-19(2)22(18-34-29(37)23-11-7-8-12-27(23)40-14-10-9-13-39-6)15-25(31)26(35)16-24(20(3)4)30(38)33-17-21(5)28(32)36;/h7-8,11-12,19-22,24-26,35H,9-10,13-18,31H2,1-6H3,(H2,32,36)(H,33,38)(H,34,37);1H/t21?,22-,24+,25-,26-;/m0./s1. The largest absolute Gasteiger partial charge is 0.493 e. The van der Waals surface area contributed by atoms with Gasteiger partial charge in [0.25, 0.3) is 5.91 Å². The number of methoxy groups -OCH3 is 1. The van der Waals surface area contributed by atoms with Gasteiger partial charge in [0, 0.05) is 38.8 Å². The number of carbonyl (C=O) groups excluding carboxylic acids is 3. The number of ether oxygens (including phenoxy) is 2. The number of aliphatic hydroxyl groups excluding tert-OH is 1. The lowest BCUT2D eigenvalue weighted by molar-refractivity contribution is -0.128. The van der Waals surface area contributed by atoms with E-state index in [9.17, 15) is 19.5 Å². The maximum absolute atomic E-state index is 13.0. The zero-order valence-electron chi connectivity index (χ0n) is 25.6. The van der Waals surface area contributed by atoms with E-state index in [1.165, 1.54) is 0 Å². The van der Waals surface area contributed by atoms with Crippen molar-refractivity contribution in [3.63, 3.8) is 0 Å². The van der Waals surface area contributed by atoms with Crippen LogP contribution in [-0.4, -0.2) is 68.4 Å². The second kappa shape index (κ2) is 20.5. The number of benzene rings is 1. The van der Waals surface area contributed by atoms with Crippen LogP contribution >= 0.6 is 12.4 Å². The first-order chi connectivity index (χ1) is 18.9. The van der Waals surface area contributed by atoms with Crippen LogP contribution in [0.25, 0.3) is 0 Å². The maximum Gasteiger partial charge on any atom is 0.255 e. The fraction of sp³-hybridized carbons (Fsp3) is 0.700. The van der Waals surface area contributed by atoms with Gasteiger partial charge in [0.05, 0.1) is 24.2 Å². The second-order valence-corrected chi connectivity index (χ2v) is 11.4. The summed E-state index contributed by atoms with van der Waals surface area (Å²) in [5.74, 6) is -1.18. The Hall–Kier alpha value is -2.40. The highest BCUT2D eigenvalue weighted by Crippen LogP contribution is 2.24. The number of carbonyl (C=O) groups is 3. The quantitative estimate of drug-likeness (QED) is 0.143. The maximum atomic E-state index is 13.0. The molecule has 0 radical (unpaired) electrons. The van der Waals surface area contributed by atoms with Crippen LogP contribution < -0.4 is 26.8 Å². The molecule has 0 heterocycles. The summed E-state index contributed by atoms with van der Waals surface area (Å²) in [5, 5.41) is 16.7. The fourth-order valence-electron chi connectivity index (χ4n) is 4.33. The molecule has 0 spiro atoms. The average molecular weight is 601 g/mol. The molecule has 1 aromatic rings. The van der Waals surface area contributed by atoms with E-state index in [4.69, 9.17) is 20.9 Å². The summed E-state index contributed by atoms with van der Waals surface area (Å²) in [7, 11) is 1.66. The van der Waals surface area contributed by atoms with Gasteiger partial charge in [-0.25, -0.2) is 0 Å². The molecule has 236 valence electrons. The highest BCUT2D eigenvalue weighted by Gasteiger charge is 2.30. The molecule has 0 aromatic heterocycles. The Morgan fingerprint density at radius 1 is 0.927 bits per heavy atom. The van der Waals surface area contributed by atoms with Gasteiger partial charge in [0.2, 0.25) is 11.8 Å². The number of amides is 3. The summed E-state index contributed by atoms with van der Waals surface area (Å²) in [6.07, 6.45) is 1.47. The molecule has 0 aliphatic heterocycles. The third-order valence-electron chi connectivity index (χ3n) is 7.37. The number of halogens is 1. The highest BCUT2D eigenvalue weighted by atomic mass is 35.5. The van der Waals surface area contributed by atoms with Gasteiger partial charge in [0.15, 0.2) is 0 Å². The number of rotatable bonds is 20. The number of nitrogens with two attached hydrogens (primary N) is 2.